The van der Waals surface area contributed by atoms with Gasteiger partial charge in [-0.1, -0.05) is 31.3 Å². The Bertz CT molecular complexity index is 647. The van der Waals surface area contributed by atoms with Gasteiger partial charge in [0, 0.05) is 49.8 Å². The Morgan fingerprint density at radius 2 is 2.05 bits per heavy atom. The molecule has 0 saturated heterocycles. The normalized spacial score (nSPS) is 15.8. The molecule has 3 rings (SSSR count). The van der Waals surface area contributed by atoms with Crippen molar-refractivity contribution >= 4 is 23.1 Å². The molecule has 1 heterocycles. The molecule has 1 fully saturated rings. The van der Waals surface area contributed by atoms with Gasteiger partial charge in [-0.25, -0.2) is 0 Å². The molecule has 6 heteroatoms. The Morgan fingerprint density at radius 1 is 1.33 bits per heavy atom. The number of nitrogens with one attached hydrogen (secondary N) is 1. The molecule has 1 aliphatic carbocycles. The van der Waals surface area contributed by atoms with Crippen molar-refractivity contribution in [2.75, 3.05) is 5.32 Å². The van der Waals surface area contributed by atoms with Gasteiger partial charge in [-0.05, 0) is 25.3 Å². The van der Waals surface area contributed by atoms with Crippen LogP contribution in [0.2, 0.25) is 5.28 Å². The van der Waals surface area contributed by atoms with Crippen molar-refractivity contribution < 1.29 is 37.8 Å². The van der Waals surface area contributed by atoms with Crippen molar-refractivity contribution in [2.24, 2.45) is 0 Å². The molecule has 107 valence electrons. The maximum absolute atomic E-state index is 10.6. The molecule has 1 aromatic heterocycles. The van der Waals surface area contributed by atoms with Gasteiger partial charge in [0.2, 0.25) is 0 Å². The summed E-state index contributed by atoms with van der Waals surface area (Å²) in [5.74, 6) is 0.611. The summed E-state index contributed by atoms with van der Waals surface area (Å²) in [5, 5.41) is 13.9. The van der Waals surface area contributed by atoms with Crippen LogP contribution in [0.15, 0.2) is 24.3 Å². The van der Waals surface area contributed by atoms with Crippen molar-refractivity contribution in [3.63, 3.8) is 0 Å². The van der Waals surface area contributed by atoms with E-state index in [1.807, 2.05) is 31.2 Å². The number of hydrogen-bond acceptors (Lipinski definition) is 4. The van der Waals surface area contributed by atoms with Crippen molar-refractivity contribution in [2.45, 2.75) is 31.8 Å². The Balaban J connectivity index is 0.00000161. The molecule has 21 heavy (non-hydrogen) atoms. The van der Waals surface area contributed by atoms with Crippen LogP contribution < -0.4 is 5.32 Å². The SMILES string of the molecule is Cc1[c-]nc(Cl)nc1Nc1ccccc1C1(O)CCC1.[Y]. The van der Waals surface area contributed by atoms with Crippen molar-refractivity contribution in [1.29, 1.82) is 0 Å². The van der Waals surface area contributed by atoms with E-state index >= 15 is 0 Å². The molecular weight excluding hydrogens is 363 g/mol. The van der Waals surface area contributed by atoms with Crippen LogP contribution in [0.5, 0.6) is 0 Å². The zero-order valence-electron chi connectivity index (χ0n) is 11.7. The van der Waals surface area contributed by atoms with Crippen LogP contribution in [-0.4, -0.2) is 15.1 Å². The fourth-order valence-corrected chi connectivity index (χ4v) is 2.54. The third-order valence-electron chi connectivity index (χ3n) is 3.74. The van der Waals surface area contributed by atoms with E-state index in [0.717, 1.165) is 36.1 Å². The van der Waals surface area contributed by atoms with E-state index in [0.29, 0.717) is 5.82 Å². The summed E-state index contributed by atoms with van der Waals surface area (Å²) in [4.78, 5) is 7.98. The molecule has 1 radical (unpaired) electrons. The molecule has 4 nitrogen and oxygen atoms in total. The van der Waals surface area contributed by atoms with Crippen molar-refractivity contribution in [3.05, 3.63) is 46.9 Å². The van der Waals surface area contributed by atoms with E-state index in [-0.39, 0.29) is 38.0 Å². The van der Waals surface area contributed by atoms with E-state index < -0.39 is 5.60 Å². The summed E-state index contributed by atoms with van der Waals surface area (Å²) in [7, 11) is 0. The van der Waals surface area contributed by atoms with E-state index in [1.54, 1.807) is 0 Å². The number of halogens is 1. The summed E-state index contributed by atoms with van der Waals surface area (Å²) in [6, 6.07) is 7.74. The second-order valence-corrected chi connectivity index (χ2v) is 5.47. The minimum absolute atomic E-state index is 0. The Kier molecular flexibility index (Phi) is 5.36. The number of hydrogen-bond donors (Lipinski definition) is 2. The zero-order chi connectivity index (χ0) is 14.2. The number of rotatable bonds is 3. The average molecular weight is 378 g/mol. The number of benzene rings is 1. The van der Waals surface area contributed by atoms with Gasteiger partial charge in [0.1, 0.15) is 5.28 Å². The quantitative estimate of drug-likeness (QED) is 0.636. The minimum atomic E-state index is -0.724. The molecule has 0 aliphatic heterocycles. The number of anilines is 2. The first-order chi connectivity index (χ1) is 9.58. The largest absolute Gasteiger partial charge is 0.393 e. The number of para-hydroxylation sites is 1. The van der Waals surface area contributed by atoms with Gasteiger partial charge >= 0.3 is 0 Å². The van der Waals surface area contributed by atoms with Gasteiger partial charge in [0.15, 0.2) is 0 Å². The van der Waals surface area contributed by atoms with Crippen molar-refractivity contribution in [1.82, 2.24) is 9.97 Å². The number of nitrogens with zero attached hydrogens (tertiary/aromatic N) is 2. The van der Waals surface area contributed by atoms with E-state index in [4.69, 9.17) is 11.6 Å². The van der Waals surface area contributed by atoms with Crippen LogP contribution in [-0.2, 0) is 38.3 Å². The molecule has 0 amide bonds. The number of aliphatic hydroxyl groups is 1. The van der Waals surface area contributed by atoms with Gasteiger partial charge < -0.3 is 20.4 Å². The molecule has 0 bridgehead atoms. The van der Waals surface area contributed by atoms with Crippen LogP contribution in [0.1, 0.15) is 30.4 Å². The molecule has 2 aromatic rings. The fourth-order valence-electron chi connectivity index (χ4n) is 2.41. The first-order valence-electron chi connectivity index (χ1n) is 6.59. The van der Waals surface area contributed by atoms with Crippen LogP contribution >= 0.6 is 11.6 Å². The first kappa shape index (κ1) is 16.8. The van der Waals surface area contributed by atoms with Crippen LogP contribution in [0.25, 0.3) is 0 Å². The van der Waals surface area contributed by atoms with Crippen LogP contribution in [0.3, 0.4) is 0 Å². The zero-order valence-corrected chi connectivity index (χ0v) is 15.3. The maximum atomic E-state index is 10.6. The molecule has 1 aromatic carbocycles. The molecule has 0 unspecified atom stereocenters. The molecule has 0 atom stereocenters. The van der Waals surface area contributed by atoms with E-state index in [9.17, 15) is 5.11 Å². The van der Waals surface area contributed by atoms with Gasteiger partial charge in [0.05, 0.1) is 5.60 Å². The standard InChI is InChI=1S/C15H15ClN3O.Y/c1-10-9-17-14(16)19-13(10)18-12-6-3-2-5-11(12)15(20)7-4-8-15;/h2-3,5-6,20H,4,7-8H2,1H3,(H,17,18,19);/q-1;. The fraction of sp³-hybridized carbons (Fsp3) is 0.333. The predicted octanol–water partition coefficient (Wildman–Crippen LogP) is 3.35. The summed E-state index contributed by atoms with van der Waals surface area (Å²) >= 11 is 5.81. The minimum Gasteiger partial charge on any atom is -0.393 e. The molecule has 1 aliphatic rings. The van der Waals surface area contributed by atoms with Crippen molar-refractivity contribution in [3.8, 4) is 0 Å². The topological polar surface area (TPSA) is 58.0 Å². The van der Waals surface area contributed by atoms with E-state index in [1.165, 1.54) is 0 Å². The van der Waals surface area contributed by atoms with Gasteiger partial charge in [0.25, 0.3) is 0 Å². The second kappa shape index (κ2) is 6.70. The summed E-state index contributed by atoms with van der Waals surface area (Å²) in [6.07, 6.45) is 5.44. The first-order valence-corrected chi connectivity index (χ1v) is 6.97. The van der Waals surface area contributed by atoms with Gasteiger partial charge in [-0.15, -0.1) is 17.2 Å². The van der Waals surface area contributed by atoms with Crippen LogP contribution in [0.4, 0.5) is 11.5 Å². The summed E-state index contributed by atoms with van der Waals surface area (Å²) < 4.78 is 0. The summed E-state index contributed by atoms with van der Waals surface area (Å²) in [5.41, 5.74) is 1.81. The van der Waals surface area contributed by atoms with Crippen LogP contribution in [0, 0.1) is 13.1 Å². The number of aryl methyl sites for hydroxylation is 1. The Morgan fingerprint density at radius 3 is 2.71 bits per heavy atom. The molecular formula is C15H15ClN3OY-. The predicted molar refractivity (Wildman–Crippen MR) is 78.1 cm³/mol. The number of aromatic nitrogens is 2. The summed E-state index contributed by atoms with van der Waals surface area (Å²) in [6.45, 7) is 1.86. The smallest absolute Gasteiger partial charge is 0.107 e. The third-order valence-corrected chi connectivity index (χ3v) is 3.91. The molecule has 2 N–H and O–H groups in total. The second-order valence-electron chi connectivity index (χ2n) is 5.13. The monoisotopic (exact) mass is 377 g/mol. The molecule has 1 saturated carbocycles. The Hall–Kier alpha value is -0.546. The third kappa shape index (κ3) is 3.45. The maximum Gasteiger partial charge on any atom is 0.107 e. The Labute approximate surface area is 154 Å². The molecule has 0 spiro atoms. The average Bonchev–Trinajstić information content (AvgIpc) is 2.41. The van der Waals surface area contributed by atoms with E-state index in [2.05, 4.69) is 21.5 Å². The van der Waals surface area contributed by atoms with Gasteiger partial charge in [-0.3, -0.25) is 0 Å². The van der Waals surface area contributed by atoms with Gasteiger partial charge in [-0.2, -0.15) is 0 Å².